The molecule has 2 bridgehead atoms. The van der Waals surface area contributed by atoms with Crippen LogP contribution in [0, 0.1) is 23.7 Å². The molecule has 3 aliphatic heterocycles. The Morgan fingerprint density at radius 2 is 1.53 bits per heavy atom. The second kappa shape index (κ2) is 27.4. The van der Waals surface area contributed by atoms with Crippen LogP contribution in [0.4, 0.5) is 0 Å². The van der Waals surface area contributed by atoms with Crippen molar-refractivity contribution in [2.24, 2.45) is 23.7 Å². The molecular weight excluding hydrogens is 975 g/mol. The van der Waals surface area contributed by atoms with Crippen LogP contribution in [0.15, 0.2) is 23.3 Å². The van der Waals surface area contributed by atoms with E-state index in [4.69, 9.17) is 32.5 Å². The lowest BCUT2D eigenvalue weighted by atomic mass is 9.73. The molecule has 14 atom stereocenters. The molecule has 424 valence electrons. The number of ether oxygens (including phenoxy) is 5. The van der Waals surface area contributed by atoms with Crippen molar-refractivity contribution >= 4 is 46.4 Å². The number of carbonyl (C=O) groups is 5. The first-order chi connectivity index (χ1) is 34.7. The minimum Gasteiger partial charge on any atom is -0.456 e. The van der Waals surface area contributed by atoms with Gasteiger partial charge >= 0.3 is 5.97 Å². The number of fused-ring (bicyclic) bond motifs is 3. The summed E-state index contributed by atoms with van der Waals surface area (Å²) in [6, 6.07) is 1.28. The summed E-state index contributed by atoms with van der Waals surface area (Å²) in [5.74, 6) is -6.63. The van der Waals surface area contributed by atoms with Crippen molar-refractivity contribution in [1.29, 1.82) is 0 Å². The molecule has 1 amide bonds. The number of piperidine rings is 1. The Balaban J connectivity index is 1.91. The predicted molar refractivity (Wildman–Crippen MR) is 294 cm³/mol. The van der Waals surface area contributed by atoms with E-state index in [0.717, 1.165) is 42.0 Å². The summed E-state index contributed by atoms with van der Waals surface area (Å²) in [6.45, 7) is 29.1. The molecule has 1 aliphatic carbocycles. The van der Waals surface area contributed by atoms with Crippen molar-refractivity contribution in [3.8, 4) is 0 Å². The quantitative estimate of drug-likeness (QED) is 0.0509. The second-order valence-electron chi connectivity index (χ2n) is 24.5. The molecule has 14 unspecified atom stereocenters. The Kier molecular flexibility index (Phi) is 23.8. The number of hydrogen-bond acceptors (Lipinski definition) is 13. The maximum atomic E-state index is 15.3. The highest BCUT2D eigenvalue weighted by Gasteiger charge is 2.58. The zero-order chi connectivity index (χ0) is 55.6. The van der Waals surface area contributed by atoms with E-state index in [-0.39, 0.29) is 54.4 Å². The normalized spacial score (nSPS) is 36.1. The lowest BCUT2D eigenvalue weighted by Gasteiger charge is -2.50. The SMILES string of the molecule is CCC1CCCC2C(=O)OC(C(C)=CC3CCC(CCC=O)(O[Si](CC)(CC)CC)C(OC)C3)C(C)C(O[Si](C)(C)C(C)(C)C)CC(=O)C/C=C(\C)CC(C)CC(OC)C3OC(O)(C(=O)C(=O)N12)C(C)CC3OC. The molecule has 1 saturated carbocycles. The van der Waals surface area contributed by atoms with E-state index < -0.39 is 100 Å². The number of methoxy groups -OCH3 is 3. The number of ketones is 2. The molecule has 0 aromatic carbocycles. The third-order valence-electron chi connectivity index (χ3n) is 18.4. The highest BCUT2D eigenvalue weighted by molar-refractivity contribution is 6.74. The van der Waals surface area contributed by atoms with Crippen molar-refractivity contribution in [3.63, 3.8) is 0 Å². The van der Waals surface area contributed by atoms with Gasteiger partial charge in [0.1, 0.15) is 30.3 Å². The summed E-state index contributed by atoms with van der Waals surface area (Å²) in [4.78, 5) is 72.8. The fourth-order valence-electron chi connectivity index (χ4n) is 12.4. The van der Waals surface area contributed by atoms with Crippen LogP contribution in [0.5, 0.6) is 0 Å². The molecule has 1 N–H and O–H groups in total. The molecule has 4 rings (SSSR count). The zero-order valence-electron chi connectivity index (χ0n) is 49.0. The van der Waals surface area contributed by atoms with E-state index in [2.05, 4.69) is 67.6 Å². The molecule has 4 aliphatic rings. The topological polar surface area (TPSA) is 173 Å². The second-order valence-corrected chi connectivity index (χ2v) is 33.9. The number of aliphatic hydroxyl groups is 1. The van der Waals surface area contributed by atoms with Gasteiger partial charge in [0.25, 0.3) is 11.7 Å². The molecule has 14 nitrogen and oxygen atoms in total. The van der Waals surface area contributed by atoms with Crippen molar-refractivity contribution in [1.82, 2.24) is 4.90 Å². The molecule has 0 aromatic rings. The number of hydrogen-bond donors (Lipinski definition) is 1. The van der Waals surface area contributed by atoms with Gasteiger partial charge < -0.3 is 47.3 Å². The highest BCUT2D eigenvalue weighted by Crippen LogP contribution is 2.46. The standard InChI is InChI=1S/C58H101NO13Si2/c1-18-44-24-22-25-46-55(64)69-51(40(7)34-43-28-30-57(29-23-31-60,50(36-43)68-15)72-74(19-2,20-3)21-4)42(9)47(71-73(16,17)56(10,11)12)37-45(61)27-26-38(5)32-39(6)33-48(66-13)52-49(67-14)35-41(8)58(65,70-52)53(62)54(63)59(44)46/h26,31,34,39,41-44,46-52,65H,18-25,27-30,32-33,35-37H2,1-17H3/b38-26+,40-34?. The zero-order valence-corrected chi connectivity index (χ0v) is 51.0. The summed E-state index contributed by atoms with van der Waals surface area (Å²) in [7, 11) is 0.152. The number of carbonyl (C=O) groups excluding carboxylic acids is 5. The monoisotopic (exact) mass is 1080 g/mol. The average Bonchev–Trinajstić information content (AvgIpc) is 3.36. The summed E-state index contributed by atoms with van der Waals surface area (Å²) in [5.41, 5.74) is 1.21. The predicted octanol–water partition coefficient (Wildman–Crippen LogP) is 11.0. The van der Waals surface area contributed by atoms with E-state index >= 15 is 9.59 Å². The average molecular weight is 1080 g/mol. The molecule has 16 heteroatoms. The summed E-state index contributed by atoms with van der Waals surface area (Å²) in [6.07, 6.45) is 7.83. The highest BCUT2D eigenvalue weighted by atomic mass is 28.4. The van der Waals surface area contributed by atoms with Gasteiger partial charge in [-0.3, -0.25) is 14.4 Å². The molecular formula is C58H101NO13Si2. The van der Waals surface area contributed by atoms with Gasteiger partial charge in [-0.25, -0.2) is 4.79 Å². The van der Waals surface area contributed by atoms with Gasteiger partial charge in [0, 0.05) is 58.5 Å². The van der Waals surface area contributed by atoms with E-state index in [1.54, 1.807) is 28.3 Å². The van der Waals surface area contributed by atoms with Gasteiger partial charge in [-0.2, -0.15) is 0 Å². The van der Waals surface area contributed by atoms with Crippen LogP contribution < -0.4 is 0 Å². The van der Waals surface area contributed by atoms with Gasteiger partial charge in [-0.15, -0.1) is 0 Å². The number of esters is 1. The molecule has 0 aromatic heterocycles. The van der Waals surface area contributed by atoms with Crippen molar-refractivity contribution in [2.45, 2.75) is 269 Å². The largest absolute Gasteiger partial charge is 0.456 e. The molecule has 0 radical (unpaired) electrons. The minimum atomic E-state index is -2.56. The van der Waals surface area contributed by atoms with E-state index in [1.807, 2.05) is 33.8 Å². The van der Waals surface area contributed by atoms with Crippen LogP contribution in [-0.4, -0.2) is 138 Å². The Hall–Kier alpha value is -2.42. The third kappa shape index (κ3) is 15.0. The number of cyclic esters (lactones) is 1. The number of allylic oxidation sites excluding steroid dienone is 3. The summed E-state index contributed by atoms with van der Waals surface area (Å²) < 4.78 is 46.1. The maximum Gasteiger partial charge on any atom is 0.329 e. The summed E-state index contributed by atoms with van der Waals surface area (Å²) in [5, 5.41) is 12.2. The Morgan fingerprint density at radius 1 is 0.892 bits per heavy atom. The van der Waals surface area contributed by atoms with Crippen LogP contribution in [-0.2, 0) is 56.5 Å². The van der Waals surface area contributed by atoms with Gasteiger partial charge in [0.2, 0.25) is 5.79 Å². The van der Waals surface area contributed by atoms with Crippen LogP contribution in [0.2, 0.25) is 36.3 Å². The van der Waals surface area contributed by atoms with E-state index in [1.165, 1.54) is 4.90 Å². The number of aldehydes is 1. The van der Waals surface area contributed by atoms with Crippen molar-refractivity contribution in [3.05, 3.63) is 23.3 Å². The lowest BCUT2D eigenvalue weighted by molar-refractivity contribution is -0.302. The Morgan fingerprint density at radius 3 is 2.09 bits per heavy atom. The van der Waals surface area contributed by atoms with Gasteiger partial charge in [0.05, 0.1) is 30.0 Å². The smallest absolute Gasteiger partial charge is 0.329 e. The number of nitrogens with zero attached hydrogens (tertiary/aromatic N) is 1. The molecule has 0 spiro atoms. The van der Waals surface area contributed by atoms with Crippen molar-refractivity contribution in [2.75, 3.05) is 21.3 Å². The van der Waals surface area contributed by atoms with Crippen LogP contribution in [0.25, 0.3) is 0 Å². The fraction of sp³-hybridized carbons (Fsp3) is 0.845. The summed E-state index contributed by atoms with van der Waals surface area (Å²) >= 11 is 0. The first kappa shape index (κ1) is 64.1. The van der Waals surface area contributed by atoms with E-state index in [9.17, 15) is 19.5 Å². The van der Waals surface area contributed by atoms with Crippen LogP contribution >= 0.6 is 0 Å². The van der Waals surface area contributed by atoms with E-state index in [0.29, 0.717) is 57.8 Å². The first-order valence-electron chi connectivity index (χ1n) is 28.4. The Labute approximate surface area is 448 Å². The van der Waals surface area contributed by atoms with Crippen LogP contribution in [0.3, 0.4) is 0 Å². The lowest BCUT2D eigenvalue weighted by Crippen LogP contribution is -2.65. The number of rotatable bonds is 16. The third-order valence-corrected chi connectivity index (χ3v) is 27.6. The van der Waals surface area contributed by atoms with Gasteiger partial charge in [-0.1, -0.05) is 87.0 Å². The minimum absolute atomic E-state index is 0.00546. The molecule has 74 heavy (non-hydrogen) atoms. The molecule has 2 saturated heterocycles. The first-order valence-corrected chi connectivity index (χ1v) is 33.9. The van der Waals surface area contributed by atoms with Crippen LogP contribution in [0.1, 0.15) is 173 Å². The Bertz CT molecular complexity index is 1940. The van der Waals surface area contributed by atoms with Gasteiger partial charge in [0.15, 0.2) is 16.6 Å². The van der Waals surface area contributed by atoms with Crippen molar-refractivity contribution < 1.29 is 61.6 Å². The number of amides is 1. The maximum absolute atomic E-state index is 15.3. The van der Waals surface area contributed by atoms with Gasteiger partial charge in [-0.05, 0) is 138 Å². The molecule has 3 heterocycles. The fourth-order valence-corrected chi connectivity index (χ4v) is 17.0. The number of Topliss-reactive ketones (excluding diaryl/α,β-unsaturated/α-hetero) is 2. The molecule has 3 fully saturated rings.